The summed E-state index contributed by atoms with van der Waals surface area (Å²) < 4.78 is 25.1. The van der Waals surface area contributed by atoms with E-state index in [2.05, 4.69) is 4.90 Å². The average Bonchev–Trinajstić information content (AvgIpc) is 2.82. The molecule has 1 aliphatic rings. The van der Waals surface area contributed by atoms with Crippen molar-refractivity contribution in [3.63, 3.8) is 0 Å². The smallest absolute Gasteiger partial charge is 0.313 e. The summed E-state index contributed by atoms with van der Waals surface area (Å²) in [6.07, 6.45) is 0.703. The van der Waals surface area contributed by atoms with E-state index in [1.54, 1.807) is 25.1 Å². The molecule has 0 unspecified atom stereocenters. The molecule has 8 nitrogen and oxygen atoms in total. The van der Waals surface area contributed by atoms with E-state index >= 15 is 4.39 Å². The fourth-order valence-electron chi connectivity index (χ4n) is 3.85. The zero-order chi connectivity index (χ0) is 24.5. The standard InChI is InChI=1S/C25H31FN4O4/c1-2-33-23(31)11-8-18-6-9-20(10-7-18)29-12-14-30(15-13-29)21-5-3-4-19(25(21)26)17-34-24(32)16-22(27)28/h3-7,9-10H,2,8,11-17H2,1H3,(H3,27,28). The third-order valence-corrected chi connectivity index (χ3v) is 5.63. The van der Waals surface area contributed by atoms with Gasteiger partial charge in [-0.1, -0.05) is 24.3 Å². The zero-order valence-electron chi connectivity index (χ0n) is 19.4. The summed E-state index contributed by atoms with van der Waals surface area (Å²) in [7, 11) is 0. The number of nitrogens with zero attached hydrogens (tertiary/aromatic N) is 2. The van der Waals surface area contributed by atoms with Gasteiger partial charge >= 0.3 is 11.9 Å². The number of carbonyl (C=O) groups excluding carboxylic acids is 2. The van der Waals surface area contributed by atoms with E-state index in [4.69, 9.17) is 20.6 Å². The van der Waals surface area contributed by atoms with E-state index in [0.29, 0.717) is 38.2 Å². The predicted octanol–water partition coefficient (Wildman–Crippen LogP) is 3.02. The Kier molecular flexibility index (Phi) is 8.84. The van der Waals surface area contributed by atoms with Crippen molar-refractivity contribution >= 4 is 29.1 Å². The van der Waals surface area contributed by atoms with Crippen LogP contribution < -0.4 is 15.5 Å². The van der Waals surface area contributed by atoms with Gasteiger partial charge in [0.1, 0.15) is 18.9 Å². The zero-order valence-corrected chi connectivity index (χ0v) is 19.4. The fraction of sp³-hybridized carbons (Fsp3) is 0.400. The van der Waals surface area contributed by atoms with Crippen LogP contribution in [0.3, 0.4) is 0 Å². The van der Waals surface area contributed by atoms with Crippen LogP contribution in [0.15, 0.2) is 42.5 Å². The minimum atomic E-state index is -0.655. The highest BCUT2D eigenvalue weighted by Crippen LogP contribution is 2.26. The number of piperazine rings is 1. The second kappa shape index (κ2) is 12.0. The van der Waals surface area contributed by atoms with Gasteiger partial charge in [-0.2, -0.15) is 0 Å². The van der Waals surface area contributed by atoms with Crippen molar-refractivity contribution in [1.29, 1.82) is 5.41 Å². The highest BCUT2D eigenvalue weighted by Gasteiger charge is 2.21. The van der Waals surface area contributed by atoms with Gasteiger partial charge in [0.15, 0.2) is 5.82 Å². The molecule has 3 rings (SSSR count). The number of anilines is 2. The van der Waals surface area contributed by atoms with Crippen LogP contribution in [0.25, 0.3) is 0 Å². The molecule has 0 spiro atoms. The van der Waals surface area contributed by atoms with Gasteiger partial charge in [-0.3, -0.25) is 15.0 Å². The number of esters is 2. The van der Waals surface area contributed by atoms with Crippen molar-refractivity contribution in [2.24, 2.45) is 5.73 Å². The van der Waals surface area contributed by atoms with Crippen molar-refractivity contribution in [1.82, 2.24) is 0 Å². The summed E-state index contributed by atoms with van der Waals surface area (Å²) in [5.74, 6) is -1.54. The first kappa shape index (κ1) is 25.0. The maximum atomic E-state index is 15.1. The first-order valence-electron chi connectivity index (χ1n) is 11.4. The van der Waals surface area contributed by atoms with Crippen LogP contribution in [0.2, 0.25) is 0 Å². The number of hydrogen-bond acceptors (Lipinski definition) is 7. The van der Waals surface area contributed by atoms with Crippen molar-refractivity contribution in [2.75, 3.05) is 42.6 Å². The number of benzene rings is 2. The third kappa shape index (κ3) is 6.94. The molecular formula is C25H31FN4O4. The van der Waals surface area contributed by atoms with Crippen LogP contribution in [0.1, 0.15) is 30.9 Å². The quantitative estimate of drug-likeness (QED) is 0.312. The molecule has 1 heterocycles. The molecule has 2 aromatic rings. The molecule has 0 atom stereocenters. The number of nitrogens with one attached hydrogen (secondary N) is 1. The number of nitrogens with two attached hydrogens (primary N) is 1. The van der Waals surface area contributed by atoms with Gasteiger partial charge in [0.25, 0.3) is 0 Å². The van der Waals surface area contributed by atoms with Crippen molar-refractivity contribution < 1.29 is 23.5 Å². The van der Waals surface area contributed by atoms with Crippen molar-refractivity contribution in [3.8, 4) is 0 Å². The molecule has 0 aliphatic carbocycles. The second-order valence-corrected chi connectivity index (χ2v) is 8.06. The van der Waals surface area contributed by atoms with Crippen LogP contribution in [0.4, 0.5) is 15.8 Å². The molecule has 0 amide bonds. The monoisotopic (exact) mass is 470 g/mol. The van der Waals surface area contributed by atoms with Crippen LogP contribution in [0, 0.1) is 11.2 Å². The Balaban J connectivity index is 1.54. The number of rotatable bonds is 10. The number of amidine groups is 1. The Labute approximate surface area is 198 Å². The summed E-state index contributed by atoms with van der Waals surface area (Å²) in [5, 5.41) is 7.13. The van der Waals surface area contributed by atoms with E-state index in [0.717, 1.165) is 24.3 Å². The minimum Gasteiger partial charge on any atom is -0.466 e. The van der Waals surface area contributed by atoms with E-state index in [1.807, 2.05) is 29.2 Å². The first-order chi connectivity index (χ1) is 16.4. The summed E-state index contributed by atoms with van der Waals surface area (Å²) >= 11 is 0. The lowest BCUT2D eigenvalue weighted by molar-refractivity contribution is -0.144. The van der Waals surface area contributed by atoms with Gasteiger partial charge in [0.05, 0.1) is 12.3 Å². The van der Waals surface area contributed by atoms with Crippen LogP contribution in [-0.4, -0.2) is 50.6 Å². The SMILES string of the molecule is CCOC(=O)CCc1ccc(N2CCN(c3cccc(COC(=O)CC(=N)N)c3F)CC2)cc1. The Bertz CT molecular complexity index is 1000. The van der Waals surface area contributed by atoms with Crippen LogP contribution >= 0.6 is 0 Å². The molecule has 0 saturated carbocycles. The lowest BCUT2D eigenvalue weighted by Gasteiger charge is -2.37. The topological polar surface area (TPSA) is 109 Å². The van der Waals surface area contributed by atoms with Crippen molar-refractivity contribution in [2.45, 2.75) is 32.8 Å². The maximum Gasteiger partial charge on any atom is 0.313 e. The molecule has 1 saturated heterocycles. The lowest BCUT2D eigenvalue weighted by atomic mass is 10.1. The van der Waals surface area contributed by atoms with Gasteiger partial charge in [-0.15, -0.1) is 0 Å². The Morgan fingerprint density at radius 1 is 1.00 bits per heavy atom. The highest BCUT2D eigenvalue weighted by molar-refractivity contribution is 5.94. The molecule has 3 N–H and O–H groups in total. The summed E-state index contributed by atoms with van der Waals surface area (Å²) in [6.45, 7) is 4.76. The van der Waals surface area contributed by atoms with Crippen molar-refractivity contribution in [3.05, 3.63) is 59.4 Å². The highest BCUT2D eigenvalue weighted by atomic mass is 19.1. The number of aryl methyl sites for hydroxylation is 1. The predicted molar refractivity (Wildman–Crippen MR) is 129 cm³/mol. The van der Waals surface area contributed by atoms with Gasteiger partial charge in [0.2, 0.25) is 0 Å². The Hall–Kier alpha value is -3.62. The lowest BCUT2D eigenvalue weighted by Crippen LogP contribution is -2.46. The van der Waals surface area contributed by atoms with E-state index in [-0.39, 0.29) is 30.4 Å². The number of hydrogen-bond donors (Lipinski definition) is 2. The van der Waals surface area contributed by atoms with Gasteiger partial charge in [-0.05, 0) is 37.1 Å². The molecule has 0 bridgehead atoms. The first-order valence-corrected chi connectivity index (χ1v) is 11.4. The average molecular weight is 471 g/mol. The molecule has 0 radical (unpaired) electrons. The third-order valence-electron chi connectivity index (χ3n) is 5.63. The van der Waals surface area contributed by atoms with E-state index in [9.17, 15) is 9.59 Å². The van der Waals surface area contributed by atoms with Gasteiger partial charge in [0, 0.05) is 43.9 Å². The second-order valence-electron chi connectivity index (χ2n) is 8.06. The normalized spacial score (nSPS) is 13.5. The molecule has 34 heavy (non-hydrogen) atoms. The molecule has 2 aromatic carbocycles. The molecule has 1 aliphatic heterocycles. The maximum absolute atomic E-state index is 15.1. The number of halogens is 1. The molecule has 9 heteroatoms. The number of carbonyl (C=O) groups is 2. The van der Waals surface area contributed by atoms with Gasteiger partial charge < -0.3 is 25.0 Å². The summed E-state index contributed by atoms with van der Waals surface area (Å²) in [6, 6.07) is 13.2. The summed E-state index contributed by atoms with van der Waals surface area (Å²) in [5.41, 5.74) is 8.13. The van der Waals surface area contributed by atoms with Crippen LogP contribution in [0.5, 0.6) is 0 Å². The fourth-order valence-corrected chi connectivity index (χ4v) is 3.85. The summed E-state index contributed by atoms with van der Waals surface area (Å²) in [4.78, 5) is 27.4. The minimum absolute atomic E-state index is 0.187. The van der Waals surface area contributed by atoms with Gasteiger partial charge in [-0.25, -0.2) is 4.39 Å². The molecule has 182 valence electrons. The largest absolute Gasteiger partial charge is 0.466 e. The Morgan fingerprint density at radius 2 is 1.68 bits per heavy atom. The Morgan fingerprint density at radius 3 is 2.32 bits per heavy atom. The van der Waals surface area contributed by atoms with E-state index < -0.39 is 11.8 Å². The molecule has 1 fully saturated rings. The van der Waals surface area contributed by atoms with Crippen LogP contribution in [-0.2, 0) is 32.1 Å². The number of ether oxygens (including phenoxy) is 2. The van der Waals surface area contributed by atoms with E-state index in [1.165, 1.54) is 0 Å². The molecular weight excluding hydrogens is 439 g/mol. The molecule has 0 aromatic heterocycles.